The summed E-state index contributed by atoms with van der Waals surface area (Å²) in [7, 11) is 0. The average molecular weight is 871 g/mol. The lowest BCUT2D eigenvalue weighted by Crippen LogP contribution is -2.30. The first-order valence-electron chi connectivity index (χ1n) is 25.0. The summed E-state index contributed by atoms with van der Waals surface area (Å²) < 4.78 is 16.7. The number of unbranched alkanes of at least 4 members (excludes halogenated alkanes) is 12. The van der Waals surface area contributed by atoms with Crippen LogP contribution >= 0.6 is 0 Å². The van der Waals surface area contributed by atoms with Gasteiger partial charge in [0.2, 0.25) is 0 Å². The van der Waals surface area contributed by atoms with Crippen LogP contribution in [0.1, 0.15) is 201 Å². The minimum absolute atomic E-state index is 0.130. The van der Waals surface area contributed by atoms with Crippen LogP contribution in [-0.2, 0) is 28.6 Å². The lowest BCUT2D eigenvalue weighted by molar-refractivity contribution is -0.167. The van der Waals surface area contributed by atoms with Gasteiger partial charge in [-0.05, 0) is 135 Å². The summed E-state index contributed by atoms with van der Waals surface area (Å²) in [6.07, 6.45) is 69.0. The van der Waals surface area contributed by atoms with Gasteiger partial charge in [-0.25, -0.2) is 0 Å². The third kappa shape index (κ3) is 48.7. The molecule has 1 atom stereocenters. The maximum Gasteiger partial charge on any atom is 0.306 e. The zero-order valence-electron chi connectivity index (χ0n) is 40.3. The van der Waals surface area contributed by atoms with Crippen LogP contribution < -0.4 is 0 Å². The van der Waals surface area contributed by atoms with E-state index in [1.165, 1.54) is 51.4 Å². The number of hydrogen-bond acceptors (Lipinski definition) is 6. The van der Waals surface area contributed by atoms with E-state index in [1.54, 1.807) is 0 Å². The van der Waals surface area contributed by atoms with E-state index in [4.69, 9.17) is 14.2 Å². The largest absolute Gasteiger partial charge is 0.462 e. The molecule has 0 rings (SSSR count). The summed E-state index contributed by atoms with van der Waals surface area (Å²) in [5.41, 5.74) is 0. The van der Waals surface area contributed by atoms with Crippen LogP contribution in [-0.4, -0.2) is 37.2 Å². The number of hydrogen-bond donors (Lipinski definition) is 0. The molecule has 0 aliphatic carbocycles. The summed E-state index contributed by atoms with van der Waals surface area (Å²) >= 11 is 0. The Morgan fingerprint density at radius 2 is 0.603 bits per heavy atom. The lowest BCUT2D eigenvalue weighted by Gasteiger charge is -2.18. The second-order valence-electron chi connectivity index (χ2n) is 16.0. The highest BCUT2D eigenvalue weighted by molar-refractivity contribution is 5.71. The number of allylic oxidation sites excluding steroid dienone is 20. The Bertz CT molecular complexity index is 1370. The van der Waals surface area contributed by atoms with Gasteiger partial charge in [0.15, 0.2) is 6.10 Å². The van der Waals surface area contributed by atoms with Crippen LogP contribution in [0.5, 0.6) is 0 Å². The number of rotatable bonds is 43. The van der Waals surface area contributed by atoms with Crippen LogP contribution in [0.4, 0.5) is 0 Å². The molecule has 6 heteroatoms. The maximum absolute atomic E-state index is 12.8. The van der Waals surface area contributed by atoms with Gasteiger partial charge >= 0.3 is 17.9 Å². The van der Waals surface area contributed by atoms with Gasteiger partial charge in [-0.15, -0.1) is 0 Å². The van der Waals surface area contributed by atoms with Crippen molar-refractivity contribution in [3.63, 3.8) is 0 Å². The zero-order valence-corrected chi connectivity index (χ0v) is 40.3. The highest BCUT2D eigenvalue weighted by Gasteiger charge is 2.19. The van der Waals surface area contributed by atoms with Crippen LogP contribution in [0.25, 0.3) is 0 Å². The maximum atomic E-state index is 12.8. The molecule has 0 saturated carbocycles. The summed E-state index contributed by atoms with van der Waals surface area (Å²) in [6.45, 7) is 6.34. The summed E-state index contributed by atoms with van der Waals surface area (Å²) in [5.74, 6) is -1.06. The van der Waals surface area contributed by atoms with E-state index in [1.807, 2.05) is 0 Å². The van der Waals surface area contributed by atoms with Crippen molar-refractivity contribution >= 4 is 17.9 Å². The highest BCUT2D eigenvalue weighted by atomic mass is 16.6. The van der Waals surface area contributed by atoms with E-state index in [0.29, 0.717) is 19.3 Å². The predicted molar refractivity (Wildman–Crippen MR) is 269 cm³/mol. The Morgan fingerprint density at radius 3 is 0.905 bits per heavy atom. The molecule has 0 aromatic rings. The number of carbonyl (C=O) groups is 3. The van der Waals surface area contributed by atoms with Gasteiger partial charge in [-0.2, -0.15) is 0 Å². The van der Waals surface area contributed by atoms with Crippen LogP contribution in [0, 0.1) is 0 Å². The standard InChI is InChI=1S/C57H90O6/c1-4-7-10-13-16-19-22-25-28-31-34-37-40-43-46-49-55(58)61-52-54(63-57(60)51-48-45-42-39-36-33-30-27-24-21-18-15-12-9-6-3)53-62-56(59)50-47-44-41-38-35-32-29-26-23-20-17-14-11-8-5-2/h7,10,16-21,25-30,34-39,54H,4-6,8-9,11-15,22-24,31-33,40-53H2,1-3H3/b10-7-,19-16-,20-17-,21-18-,28-25-,29-26-,30-27-,37-34-,38-35-,39-36-/t54-/m1/s1. The molecule has 0 spiro atoms. The van der Waals surface area contributed by atoms with Crippen molar-refractivity contribution in [3.8, 4) is 0 Å². The average Bonchev–Trinajstić information content (AvgIpc) is 3.28. The molecule has 0 saturated heterocycles. The summed E-state index contributed by atoms with van der Waals surface area (Å²) in [6, 6.07) is 0. The van der Waals surface area contributed by atoms with E-state index < -0.39 is 6.10 Å². The molecule has 0 unspecified atom stereocenters. The van der Waals surface area contributed by atoms with E-state index >= 15 is 0 Å². The van der Waals surface area contributed by atoms with E-state index in [9.17, 15) is 14.4 Å². The number of ether oxygens (including phenoxy) is 3. The second kappa shape index (κ2) is 50.5. The first-order valence-corrected chi connectivity index (χ1v) is 25.0. The van der Waals surface area contributed by atoms with E-state index in [2.05, 4.69) is 142 Å². The normalized spacial score (nSPS) is 13.1. The fourth-order valence-electron chi connectivity index (χ4n) is 6.15. The Kier molecular flexibility index (Phi) is 47.1. The first kappa shape index (κ1) is 58.8. The molecular formula is C57H90O6. The monoisotopic (exact) mass is 871 g/mol. The van der Waals surface area contributed by atoms with Gasteiger partial charge in [0, 0.05) is 19.3 Å². The zero-order chi connectivity index (χ0) is 45.8. The van der Waals surface area contributed by atoms with Crippen LogP contribution in [0.3, 0.4) is 0 Å². The van der Waals surface area contributed by atoms with Crippen molar-refractivity contribution in [3.05, 3.63) is 122 Å². The smallest absolute Gasteiger partial charge is 0.306 e. The Hall–Kier alpha value is -4.19. The molecule has 0 bridgehead atoms. The molecule has 63 heavy (non-hydrogen) atoms. The molecule has 0 amide bonds. The molecule has 0 aromatic carbocycles. The summed E-state index contributed by atoms with van der Waals surface area (Å²) in [5, 5.41) is 0. The quantitative estimate of drug-likeness (QED) is 0.0263. The van der Waals surface area contributed by atoms with E-state index in [0.717, 1.165) is 89.9 Å². The highest BCUT2D eigenvalue weighted by Crippen LogP contribution is 2.10. The minimum Gasteiger partial charge on any atom is -0.462 e. The SMILES string of the molecule is CC/C=C\C/C=C\C/C=C\C/C=C\CCCCC(=O)OC[C@H](COC(=O)CCCC/C=C\C/C=C\C/C=C\CCCCC)OC(=O)CCCC/C=C\C/C=C\C/C=C\CCCCC. The predicted octanol–water partition coefficient (Wildman–Crippen LogP) is 16.5. The van der Waals surface area contributed by atoms with Crippen LogP contribution in [0.2, 0.25) is 0 Å². The molecule has 0 aliphatic heterocycles. The Balaban J connectivity index is 4.61. The number of carbonyl (C=O) groups excluding carboxylic acids is 3. The van der Waals surface area contributed by atoms with Gasteiger partial charge in [-0.3, -0.25) is 14.4 Å². The molecule has 6 nitrogen and oxygen atoms in total. The molecule has 0 heterocycles. The molecule has 0 radical (unpaired) electrons. The van der Waals surface area contributed by atoms with E-state index in [-0.39, 0.29) is 50.4 Å². The topological polar surface area (TPSA) is 78.9 Å². The van der Waals surface area contributed by atoms with Crippen molar-refractivity contribution in [1.82, 2.24) is 0 Å². The van der Waals surface area contributed by atoms with Crippen LogP contribution in [0.15, 0.2) is 122 Å². The lowest BCUT2D eigenvalue weighted by atomic mass is 10.1. The molecule has 0 fully saturated rings. The fourth-order valence-corrected chi connectivity index (χ4v) is 6.15. The molecule has 0 aromatic heterocycles. The number of esters is 3. The van der Waals surface area contributed by atoms with Crippen molar-refractivity contribution in [2.45, 2.75) is 207 Å². The van der Waals surface area contributed by atoms with Crippen molar-refractivity contribution in [2.75, 3.05) is 13.2 Å². The van der Waals surface area contributed by atoms with Gasteiger partial charge < -0.3 is 14.2 Å². The van der Waals surface area contributed by atoms with Gasteiger partial charge in [0.25, 0.3) is 0 Å². The molecule has 0 N–H and O–H groups in total. The van der Waals surface area contributed by atoms with Crippen molar-refractivity contribution in [1.29, 1.82) is 0 Å². The Morgan fingerprint density at radius 1 is 0.333 bits per heavy atom. The van der Waals surface area contributed by atoms with Gasteiger partial charge in [-0.1, -0.05) is 168 Å². The third-order valence-corrected chi connectivity index (χ3v) is 9.92. The Labute approximate surface area is 386 Å². The van der Waals surface area contributed by atoms with Crippen molar-refractivity contribution < 1.29 is 28.6 Å². The van der Waals surface area contributed by atoms with Gasteiger partial charge in [0.05, 0.1) is 0 Å². The van der Waals surface area contributed by atoms with Gasteiger partial charge in [0.1, 0.15) is 13.2 Å². The molecule has 0 aliphatic rings. The second-order valence-corrected chi connectivity index (χ2v) is 16.0. The van der Waals surface area contributed by atoms with Crippen molar-refractivity contribution in [2.24, 2.45) is 0 Å². The fraction of sp³-hybridized carbons (Fsp3) is 0.596. The molecule has 354 valence electrons. The molecular weight excluding hydrogens is 781 g/mol. The third-order valence-electron chi connectivity index (χ3n) is 9.92. The summed E-state index contributed by atoms with van der Waals surface area (Å²) in [4.78, 5) is 37.9. The minimum atomic E-state index is -0.833. The first-order chi connectivity index (χ1) is 31.0.